The molecule has 0 aliphatic carbocycles. The summed E-state index contributed by atoms with van der Waals surface area (Å²) < 4.78 is 11.1. The second-order valence-electron chi connectivity index (χ2n) is 7.45. The third kappa shape index (κ3) is 3.75. The zero-order chi connectivity index (χ0) is 21.5. The van der Waals surface area contributed by atoms with Gasteiger partial charge in [-0.1, -0.05) is 46.6 Å². The molecule has 1 saturated heterocycles. The fourth-order valence-electron chi connectivity index (χ4n) is 3.82. The van der Waals surface area contributed by atoms with E-state index in [1.54, 1.807) is 30.0 Å². The van der Waals surface area contributed by atoms with Gasteiger partial charge in [0.2, 0.25) is 0 Å². The molecule has 0 saturated carbocycles. The Morgan fingerprint density at radius 3 is 2.90 bits per heavy atom. The van der Waals surface area contributed by atoms with Gasteiger partial charge in [-0.15, -0.1) is 0 Å². The van der Waals surface area contributed by atoms with Crippen molar-refractivity contribution in [2.45, 2.75) is 19.4 Å². The summed E-state index contributed by atoms with van der Waals surface area (Å²) in [4.78, 5) is 19.5. The molecule has 158 valence electrons. The Bertz CT molecular complexity index is 1280. The maximum Gasteiger partial charge on any atom is 0.295 e. The van der Waals surface area contributed by atoms with Crippen LogP contribution in [0.2, 0.25) is 10.0 Å². The van der Waals surface area contributed by atoms with Gasteiger partial charge in [0.25, 0.3) is 11.9 Å². The number of oxazole rings is 1. The highest BCUT2D eigenvalue weighted by atomic mass is 35.5. The highest BCUT2D eigenvalue weighted by molar-refractivity contribution is 6.33. The largest absolute Gasteiger partial charge is 0.423 e. The number of aryl methyl sites for hydroxylation is 1. The van der Waals surface area contributed by atoms with Crippen molar-refractivity contribution >= 4 is 46.2 Å². The number of hydrogen-bond acceptors (Lipinski definition) is 6. The fraction of sp³-hybridized carbons (Fsp3) is 0.227. The number of fused-ring (bicyclic) bond motifs is 1. The van der Waals surface area contributed by atoms with Crippen molar-refractivity contribution in [1.82, 2.24) is 15.0 Å². The van der Waals surface area contributed by atoms with Gasteiger partial charge in [0.1, 0.15) is 22.5 Å². The summed E-state index contributed by atoms with van der Waals surface area (Å²) in [7, 11) is 0. The van der Waals surface area contributed by atoms with E-state index in [-0.39, 0.29) is 11.9 Å². The fourth-order valence-corrected chi connectivity index (χ4v) is 4.20. The molecular formula is C22H18Cl2N4O3. The van der Waals surface area contributed by atoms with Gasteiger partial charge in [0.15, 0.2) is 5.58 Å². The predicted molar refractivity (Wildman–Crippen MR) is 119 cm³/mol. The molecule has 1 N–H and O–H groups in total. The van der Waals surface area contributed by atoms with Crippen molar-refractivity contribution in [1.29, 1.82) is 0 Å². The van der Waals surface area contributed by atoms with Crippen LogP contribution in [0.15, 0.2) is 51.4 Å². The maximum atomic E-state index is 13.3. The molecule has 1 fully saturated rings. The highest BCUT2D eigenvalue weighted by Gasteiger charge is 2.32. The molecule has 0 unspecified atom stereocenters. The molecule has 1 aliphatic rings. The van der Waals surface area contributed by atoms with E-state index in [4.69, 9.17) is 32.1 Å². The Hall–Kier alpha value is -3.03. The number of likely N-dealkylation sites (tertiary alicyclic amines) is 1. The number of hydrogen-bond donors (Lipinski definition) is 1. The third-order valence-corrected chi connectivity index (χ3v) is 5.92. The van der Waals surface area contributed by atoms with Gasteiger partial charge < -0.3 is 19.2 Å². The molecule has 0 radical (unpaired) electrons. The number of rotatable bonds is 4. The van der Waals surface area contributed by atoms with Crippen molar-refractivity contribution in [3.63, 3.8) is 0 Å². The van der Waals surface area contributed by atoms with Gasteiger partial charge in [0.05, 0.1) is 5.02 Å². The summed E-state index contributed by atoms with van der Waals surface area (Å²) in [5.74, 6) is 0.328. The van der Waals surface area contributed by atoms with Gasteiger partial charge in [-0.25, -0.2) is 0 Å². The van der Waals surface area contributed by atoms with Gasteiger partial charge in [0, 0.05) is 35.8 Å². The standard InChI is InChI=1S/C22H18Cl2N4O3/c1-12-19(20(27-31-12)15-4-2-3-5-16(15)24)21(29)28-9-8-14(11-28)25-22-26-17-7-6-13(23)10-18(17)30-22/h2-7,10,14H,8-9,11H2,1H3,(H,25,26)/t14-/m1/s1. The van der Waals surface area contributed by atoms with E-state index in [1.165, 1.54) is 0 Å². The molecule has 0 spiro atoms. The lowest BCUT2D eigenvalue weighted by molar-refractivity contribution is 0.0790. The third-order valence-electron chi connectivity index (χ3n) is 5.36. The summed E-state index contributed by atoms with van der Waals surface area (Å²) in [6.45, 7) is 2.83. The summed E-state index contributed by atoms with van der Waals surface area (Å²) >= 11 is 12.3. The number of aromatic nitrogens is 2. The number of amides is 1. The van der Waals surface area contributed by atoms with Crippen molar-refractivity contribution in [2.24, 2.45) is 0 Å². The number of halogens is 2. The van der Waals surface area contributed by atoms with E-state index in [0.717, 1.165) is 11.9 Å². The number of carbonyl (C=O) groups is 1. The maximum absolute atomic E-state index is 13.3. The Morgan fingerprint density at radius 1 is 1.23 bits per heavy atom. The average Bonchev–Trinajstić information content (AvgIpc) is 3.46. The van der Waals surface area contributed by atoms with Crippen LogP contribution in [0.5, 0.6) is 0 Å². The van der Waals surface area contributed by atoms with Crippen LogP contribution in [0.1, 0.15) is 22.5 Å². The second kappa shape index (κ2) is 7.90. The van der Waals surface area contributed by atoms with Crippen molar-refractivity contribution in [3.8, 4) is 11.3 Å². The van der Waals surface area contributed by atoms with Crippen LogP contribution in [0.25, 0.3) is 22.4 Å². The second-order valence-corrected chi connectivity index (χ2v) is 8.30. The molecule has 1 amide bonds. The minimum atomic E-state index is -0.137. The molecule has 1 atom stereocenters. The molecule has 1 aliphatic heterocycles. The zero-order valence-corrected chi connectivity index (χ0v) is 18.1. The van der Waals surface area contributed by atoms with E-state index in [2.05, 4.69) is 15.5 Å². The van der Waals surface area contributed by atoms with Crippen LogP contribution in [0.4, 0.5) is 6.01 Å². The summed E-state index contributed by atoms with van der Waals surface area (Å²) in [6.07, 6.45) is 0.761. The van der Waals surface area contributed by atoms with Gasteiger partial charge in [-0.05, 0) is 31.5 Å². The number of nitrogens with zero attached hydrogens (tertiary/aromatic N) is 3. The Labute approximate surface area is 187 Å². The van der Waals surface area contributed by atoms with Gasteiger partial charge in [-0.2, -0.15) is 4.98 Å². The van der Waals surface area contributed by atoms with Crippen molar-refractivity contribution in [3.05, 3.63) is 63.8 Å². The SMILES string of the molecule is Cc1onc(-c2ccccc2Cl)c1C(=O)N1CC[C@@H](Nc2nc3ccc(Cl)cc3o2)C1. The first-order valence-corrected chi connectivity index (χ1v) is 10.6. The molecule has 3 heterocycles. The summed E-state index contributed by atoms with van der Waals surface area (Å²) in [6, 6.07) is 13.0. The number of benzene rings is 2. The van der Waals surface area contributed by atoms with Gasteiger partial charge in [-0.3, -0.25) is 4.79 Å². The molecule has 7 nitrogen and oxygen atoms in total. The summed E-state index contributed by atoms with van der Waals surface area (Å²) in [5.41, 5.74) is 2.90. The summed E-state index contributed by atoms with van der Waals surface area (Å²) in [5, 5.41) is 8.48. The van der Waals surface area contributed by atoms with Crippen molar-refractivity contribution < 1.29 is 13.7 Å². The normalized spacial score (nSPS) is 16.2. The lowest BCUT2D eigenvalue weighted by atomic mass is 10.1. The van der Waals surface area contributed by atoms with Crippen LogP contribution in [-0.2, 0) is 0 Å². The Kier molecular flexibility index (Phi) is 5.08. The number of carbonyl (C=O) groups excluding carboxylic acids is 1. The average molecular weight is 457 g/mol. The van der Waals surface area contributed by atoms with E-state index in [0.29, 0.717) is 57.3 Å². The molecule has 4 aromatic rings. The molecule has 2 aromatic heterocycles. The predicted octanol–water partition coefficient (Wildman–Crippen LogP) is 5.42. The van der Waals surface area contributed by atoms with Crippen LogP contribution in [0, 0.1) is 6.92 Å². The van der Waals surface area contributed by atoms with Crippen LogP contribution in [0.3, 0.4) is 0 Å². The van der Waals surface area contributed by atoms with E-state index < -0.39 is 0 Å². The van der Waals surface area contributed by atoms with Crippen LogP contribution in [-0.4, -0.2) is 40.1 Å². The highest BCUT2D eigenvalue weighted by Crippen LogP contribution is 2.32. The van der Waals surface area contributed by atoms with E-state index in [1.807, 2.05) is 24.3 Å². The van der Waals surface area contributed by atoms with Crippen LogP contribution >= 0.6 is 23.2 Å². The quantitative estimate of drug-likeness (QED) is 0.440. The number of nitrogens with one attached hydrogen (secondary N) is 1. The Balaban J connectivity index is 1.34. The minimum absolute atomic E-state index is 0.0106. The smallest absolute Gasteiger partial charge is 0.295 e. The first-order chi connectivity index (χ1) is 15.0. The van der Waals surface area contributed by atoms with E-state index >= 15 is 0 Å². The number of anilines is 1. The topological polar surface area (TPSA) is 84.4 Å². The molecule has 0 bridgehead atoms. The molecule has 5 rings (SSSR count). The van der Waals surface area contributed by atoms with Gasteiger partial charge >= 0.3 is 0 Å². The molecule has 9 heteroatoms. The first kappa shape index (κ1) is 19.9. The first-order valence-electron chi connectivity index (χ1n) is 9.82. The van der Waals surface area contributed by atoms with Crippen molar-refractivity contribution in [2.75, 3.05) is 18.4 Å². The van der Waals surface area contributed by atoms with Crippen LogP contribution < -0.4 is 5.32 Å². The molecule has 2 aromatic carbocycles. The Morgan fingerprint density at radius 2 is 2.06 bits per heavy atom. The van der Waals surface area contributed by atoms with E-state index in [9.17, 15) is 4.79 Å². The molecule has 31 heavy (non-hydrogen) atoms. The lowest BCUT2D eigenvalue weighted by Crippen LogP contribution is -2.32. The lowest BCUT2D eigenvalue weighted by Gasteiger charge is -2.17. The zero-order valence-electron chi connectivity index (χ0n) is 16.6. The monoisotopic (exact) mass is 456 g/mol. The molecular weight excluding hydrogens is 439 g/mol. The minimum Gasteiger partial charge on any atom is -0.423 e.